The van der Waals surface area contributed by atoms with E-state index in [1.807, 2.05) is 24.3 Å². The molecule has 10 heteroatoms. The van der Waals surface area contributed by atoms with Crippen molar-refractivity contribution in [3.8, 4) is 28.5 Å². The molecule has 2 amide bonds. The van der Waals surface area contributed by atoms with Gasteiger partial charge in [0.15, 0.2) is 6.61 Å². The van der Waals surface area contributed by atoms with Crippen molar-refractivity contribution in [3.63, 3.8) is 0 Å². The molecule has 1 aliphatic carbocycles. The third-order valence-corrected chi connectivity index (χ3v) is 9.60. The van der Waals surface area contributed by atoms with Gasteiger partial charge in [0.05, 0.1) is 19.3 Å². The molecule has 1 aromatic heterocycles. The fraction of sp³-hybridized carbons (Fsp3) is 0.395. The van der Waals surface area contributed by atoms with Gasteiger partial charge in [-0.1, -0.05) is 37.5 Å². The minimum atomic E-state index is -1.58. The molecule has 2 N–H and O–H groups in total. The lowest BCUT2D eigenvalue weighted by Crippen LogP contribution is -2.53. The smallest absolute Gasteiger partial charge is 0.329 e. The molecule has 1 aliphatic heterocycles. The zero-order valence-corrected chi connectivity index (χ0v) is 28.0. The van der Waals surface area contributed by atoms with Crippen LogP contribution in [0.4, 0.5) is 0 Å². The van der Waals surface area contributed by atoms with Crippen molar-refractivity contribution >= 4 is 28.7 Å². The van der Waals surface area contributed by atoms with E-state index in [1.165, 1.54) is 36.6 Å². The van der Waals surface area contributed by atoms with Crippen LogP contribution in [0.15, 0.2) is 60.7 Å². The number of nitrogens with zero attached hydrogens (tertiary/aromatic N) is 2. The summed E-state index contributed by atoms with van der Waals surface area (Å²) in [6.45, 7) is 2.49. The molecule has 0 unspecified atom stereocenters. The number of nitrogens with one attached hydrogen (secondary N) is 1. The van der Waals surface area contributed by atoms with Crippen molar-refractivity contribution in [2.24, 2.45) is 0 Å². The van der Waals surface area contributed by atoms with E-state index in [0.717, 1.165) is 46.5 Å². The van der Waals surface area contributed by atoms with Crippen LogP contribution in [0.5, 0.6) is 17.2 Å². The van der Waals surface area contributed by atoms with Gasteiger partial charge in [-0.3, -0.25) is 9.59 Å². The highest BCUT2D eigenvalue weighted by atomic mass is 16.5. The molecule has 48 heavy (non-hydrogen) atoms. The minimum Gasteiger partial charge on any atom is -0.497 e. The van der Waals surface area contributed by atoms with E-state index in [1.54, 1.807) is 51.5 Å². The lowest BCUT2D eigenvalue weighted by molar-refractivity contribution is -0.143. The standard InChI is InChI=1S/C38H43N3O7/c1-38(37(44)45,22-24-10-13-27(14-11-24)48-23-33(42)40(2)3)39-36(43)26-12-16-29-31(20-26)41-18-19-47-32-21-28(46-4)15-17-30(32)35(41)34(29)25-8-6-5-7-9-25/h10-17,20-21,25H,5-9,18-19,22-23H2,1-4H3,(H,39,43)(H,44,45)/t38-/m0/s1. The van der Waals surface area contributed by atoms with E-state index in [2.05, 4.69) is 16.0 Å². The van der Waals surface area contributed by atoms with Crippen LogP contribution in [-0.2, 0) is 22.6 Å². The highest BCUT2D eigenvalue weighted by Crippen LogP contribution is 2.47. The summed E-state index contributed by atoms with van der Waals surface area (Å²) in [5, 5.41) is 14.2. The molecule has 10 nitrogen and oxygen atoms in total. The van der Waals surface area contributed by atoms with Gasteiger partial charge in [0.1, 0.15) is 29.4 Å². The van der Waals surface area contributed by atoms with Crippen LogP contribution in [0, 0.1) is 0 Å². The first-order chi connectivity index (χ1) is 23.1. The number of aliphatic carboxylic acids is 1. The molecule has 0 radical (unpaired) electrons. The maximum Gasteiger partial charge on any atom is 0.329 e. The molecule has 3 aromatic carbocycles. The van der Waals surface area contributed by atoms with Gasteiger partial charge >= 0.3 is 5.97 Å². The third kappa shape index (κ3) is 6.56. The number of methoxy groups -OCH3 is 1. The van der Waals surface area contributed by atoms with E-state index in [-0.39, 0.29) is 18.9 Å². The Morgan fingerprint density at radius 3 is 2.42 bits per heavy atom. The van der Waals surface area contributed by atoms with Crippen molar-refractivity contribution in [2.45, 2.75) is 63.5 Å². The second-order valence-electron chi connectivity index (χ2n) is 13.2. The van der Waals surface area contributed by atoms with E-state index in [4.69, 9.17) is 14.2 Å². The number of hydrogen-bond acceptors (Lipinski definition) is 6. The highest BCUT2D eigenvalue weighted by molar-refractivity contribution is 6.03. The number of carbonyl (C=O) groups excluding carboxylic acids is 2. The van der Waals surface area contributed by atoms with Crippen LogP contribution >= 0.6 is 0 Å². The number of carboxylic acids is 1. The number of hydrogen-bond donors (Lipinski definition) is 2. The van der Waals surface area contributed by atoms with Crippen LogP contribution in [0.1, 0.15) is 66.4 Å². The second-order valence-corrected chi connectivity index (χ2v) is 13.2. The van der Waals surface area contributed by atoms with Gasteiger partial charge in [0.25, 0.3) is 11.8 Å². The third-order valence-electron chi connectivity index (χ3n) is 9.60. The van der Waals surface area contributed by atoms with Crippen LogP contribution in [-0.4, -0.2) is 72.3 Å². The number of ether oxygens (including phenoxy) is 3. The lowest BCUT2D eigenvalue weighted by Gasteiger charge is -2.26. The largest absolute Gasteiger partial charge is 0.497 e. The first-order valence-corrected chi connectivity index (χ1v) is 16.5. The summed E-state index contributed by atoms with van der Waals surface area (Å²) in [4.78, 5) is 39.7. The Kier molecular flexibility index (Phi) is 9.35. The summed E-state index contributed by atoms with van der Waals surface area (Å²) in [6.07, 6.45) is 5.88. The molecule has 2 heterocycles. The molecule has 0 spiro atoms. The molecule has 6 rings (SSSR count). The minimum absolute atomic E-state index is 0.0527. The van der Waals surface area contributed by atoms with Crippen LogP contribution in [0.3, 0.4) is 0 Å². The fourth-order valence-corrected chi connectivity index (χ4v) is 6.92. The van der Waals surface area contributed by atoms with Crippen LogP contribution in [0.25, 0.3) is 22.2 Å². The predicted octanol–water partition coefficient (Wildman–Crippen LogP) is 6.04. The van der Waals surface area contributed by atoms with Crippen LogP contribution < -0.4 is 19.5 Å². The molecular formula is C38H43N3O7. The van der Waals surface area contributed by atoms with Crippen LogP contribution in [0.2, 0.25) is 0 Å². The van der Waals surface area contributed by atoms with Crippen molar-refractivity contribution in [1.82, 2.24) is 14.8 Å². The molecule has 252 valence electrons. The normalized spacial score (nSPS) is 15.7. The number of fused-ring (bicyclic) bond motifs is 5. The molecular weight excluding hydrogens is 610 g/mol. The maximum absolute atomic E-state index is 13.8. The summed E-state index contributed by atoms with van der Waals surface area (Å²) >= 11 is 0. The Morgan fingerprint density at radius 2 is 1.73 bits per heavy atom. The van der Waals surface area contributed by atoms with Gasteiger partial charge in [-0.25, -0.2) is 4.79 Å². The van der Waals surface area contributed by atoms with E-state index >= 15 is 0 Å². The Balaban J connectivity index is 1.30. The Labute approximate surface area is 280 Å². The number of likely N-dealkylation sites (N-methyl/N-ethyl adjacent to an activating group) is 1. The van der Waals surface area contributed by atoms with Gasteiger partial charge in [0.2, 0.25) is 0 Å². The maximum atomic E-state index is 13.8. The Morgan fingerprint density at radius 1 is 1.00 bits per heavy atom. The van der Waals surface area contributed by atoms with E-state index in [0.29, 0.717) is 35.9 Å². The van der Waals surface area contributed by atoms with Gasteiger partial charge in [-0.2, -0.15) is 0 Å². The second kappa shape index (κ2) is 13.6. The number of rotatable bonds is 10. The molecule has 0 bridgehead atoms. The average molecular weight is 654 g/mol. The molecule has 1 atom stereocenters. The Hall–Kier alpha value is -4.99. The number of carbonyl (C=O) groups is 3. The zero-order valence-electron chi connectivity index (χ0n) is 28.0. The Bertz CT molecular complexity index is 1840. The van der Waals surface area contributed by atoms with Gasteiger partial charge in [0, 0.05) is 48.6 Å². The zero-order chi connectivity index (χ0) is 34.0. The summed E-state index contributed by atoms with van der Waals surface area (Å²) in [5.41, 5.74) is 3.87. The van der Waals surface area contributed by atoms with E-state index in [9.17, 15) is 19.5 Å². The average Bonchev–Trinajstić information content (AvgIpc) is 3.28. The number of amides is 2. The number of benzene rings is 3. The summed E-state index contributed by atoms with van der Waals surface area (Å²) in [6, 6.07) is 18.5. The van der Waals surface area contributed by atoms with Gasteiger partial charge in [-0.05, 0) is 73.2 Å². The monoisotopic (exact) mass is 653 g/mol. The first kappa shape index (κ1) is 32.9. The topological polar surface area (TPSA) is 119 Å². The molecule has 1 fully saturated rings. The number of carboxylic acid groups (broad SMARTS) is 1. The summed E-state index contributed by atoms with van der Waals surface area (Å²) in [7, 11) is 4.96. The van der Waals surface area contributed by atoms with Gasteiger partial charge < -0.3 is 34.1 Å². The SMILES string of the molecule is COc1ccc2c(c1)OCCn1c-2c(C2CCCCC2)c2ccc(C(=O)N[C@@](C)(Cc3ccc(OCC(=O)N(C)C)cc3)C(=O)O)cc21. The molecule has 2 aliphatic rings. The highest BCUT2D eigenvalue weighted by Gasteiger charge is 2.36. The molecule has 1 saturated carbocycles. The molecule has 0 saturated heterocycles. The molecule has 4 aromatic rings. The van der Waals surface area contributed by atoms with Crippen molar-refractivity contribution in [1.29, 1.82) is 0 Å². The predicted molar refractivity (Wildman–Crippen MR) is 183 cm³/mol. The van der Waals surface area contributed by atoms with E-state index < -0.39 is 17.4 Å². The quantitative estimate of drug-likeness (QED) is 0.214. The summed E-state index contributed by atoms with van der Waals surface area (Å²) in [5.74, 6) is 0.630. The summed E-state index contributed by atoms with van der Waals surface area (Å²) < 4.78 is 19.5. The van der Waals surface area contributed by atoms with Crippen molar-refractivity contribution in [3.05, 3.63) is 77.4 Å². The number of aromatic nitrogens is 1. The fourth-order valence-electron chi connectivity index (χ4n) is 6.92. The lowest BCUT2D eigenvalue weighted by atomic mass is 9.81. The van der Waals surface area contributed by atoms with Gasteiger partial charge in [-0.15, -0.1) is 0 Å². The van der Waals surface area contributed by atoms with Crippen molar-refractivity contribution < 1.29 is 33.7 Å². The first-order valence-electron chi connectivity index (χ1n) is 16.5. The van der Waals surface area contributed by atoms with Crippen molar-refractivity contribution in [2.75, 3.05) is 34.4 Å².